The van der Waals surface area contributed by atoms with Crippen LogP contribution < -0.4 is 5.32 Å². The van der Waals surface area contributed by atoms with Gasteiger partial charge in [0, 0.05) is 0 Å². The molecule has 0 radical (unpaired) electrons. The molecule has 1 amide bonds. The van der Waals surface area contributed by atoms with Crippen molar-refractivity contribution in [2.45, 2.75) is 36.8 Å². The minimum Gasteiger partial charge on any atom is -0.465 e. The Labute approximate surface area is 136 Å². The molecule has 9 heteroatoms. The predicted molar refractivity (Wildman–Crippen MR) is 88.1 cm³/mol. The Hall–Kier alpha value is -0.800. The van der Waals surface area contributed by atoms with Crippen LogP contribution in [0.15, 0.2) is 4.34 Å². The van der Waals surface area contributed by atoms with Gasteiger partial charge in [0.25, 0.3) is 0 Å². The Morgan fingerprint density at radius 1 is 1.33 bits per heavy atom. The fourth-order valence-corrected chi connectivity index (χ4v) is 3.90. The number of hydrogen-bond donors (Lipinski definition) is 1. The molecule has 118 valence electrons. The van der Waals surface area contributed by atoms with E-state index in [0.717, 1.165) is 10.1 Å². The standard InChI is InChI=1S/C12H19N3O3S3/c1-4-8(20-7-9(16)18-5-2)10(17)13-11-14-15-12(21-11)19-6-3/h8H,4-7H2,1-3H3,(H,13,14,17)/t8-/m1/s1. The van der Waals surface area contributed by atoms with Crippen LogP contribution in [0.4, 0.5) is 5.13 Å². The molecule has 0 spiro atoms. The lowest BCUT2D eigenvalue weighted by Crippen LogP contribution is -2.26. The van der Waals surface area contributed by atoms with Crippen LogP contribution in [0.25, 0.3) is 0 Å². The minimum atomic E-state index is -0.305. The van der Waals surface area contributed by atoms with E-state index >= 15 is 0 Å². The average Bonchev–Trinajstić information content (AvgIpc) is 2.87. The third-order valence-electron chi connectivity index (χ3n) is 2.28. The van der Waals surface area contributed by atoms with E-state index in [1.165, 1.54) is 23.1 Å². The van der Waals surface area contributed by atoms with Crippen molar-refractivity contribution in [2.24, 2.45) is 0 Å². The summed E-state index contributed by atoms with van der Waals surface area (Å²) in [5.41, 5.74) is 0. The van der Waals surface area contributed by atoms with Crippen LogP contribution in [0.5, 0.6) is 0 Å². The van der Waals surface area contributed by atoms with Crippen LogP contribution in [-0.2, 0) is 14.3 Å². The van der Waals surface area contributed by atoms with E-state index in [1.807, 2.05) is 13.8 Å². The second kappa shape index (κ2) is 10.0. The van der Waals surface area contributed by atoms with Gasteiger partial charge in [-0.3, -0.25) is 14.9 Å². The first-order valence-corrected chi connectivity index (χ1v) is 9.50. The van der Waals surface area contributed by atoms with Crippen LogP contribution in [0.1, 0.15) is 27.2 Å². The number of ether oxygens (including phenoxy) is 1. The molecule has 1 N–H and O–H groups in total. The number of amides is 1. The zero-order chi connectivity index (χ0) is 15.7. The first-order valence-electron chi connectivity index (χ1n) is 6.65. The number of anilines is 1. The molecule has 1 aromatic rings. The van der Waals surface area contributed by atoms with Crippen molar-refractivity contribution in [2.75, 3.05) is 23.4 Å². The molecule has 1 atom stereocenters. The van der Waals surface area contributed by atoms with Crippen LogP contribution >= 0.6 is 34.9 Å². The van der Waals surface area contributed by atoms with Gasteiger partial charge in [0.15, 0.2) is 4.34 Å². The molecule has 0 unspecified atom stereocenters. The lowest BCUT2D eigenvalue weighted by Gasteiger charge is -2.12. The lowest BCUT2D eigenvalue weighted by molar-refractivity contribution is -0.139. The molecule has 0 saturated carbocycles. The first-order chi connectivity index (χ1) is 10.1. The zero-order valence-electron chi connectivity index (χ0n) is 12.2. The monoisotopic (exact) mass is 349 g/mol. The molecule has 1 heterocycles. The Balaban J connectivity index is 2.48. The number of thioether (sulfide) groups is 2. The number of nitrogens with one attached hydrogen (secondary N) is 1. The molecule has 0 aliphatic rings. The minimum absolute atomic E-state index is 0.156. The molecule has 0 fully saturated rings. The van der Waals surface area contributed by atoms with Gasteiger partial charge in [-0.25, -0.2) is 0 Å². The molecule has 21 heavy (non-hydrogen) atoms. The number of nitrogens with zero attached hydrogens (tertiary/aromatic N) is 2. The second-order valence-electron chi connectivity index (χ2n) is 3.81. The summed E-state index contributed by atoms with van der Waals surface area (Å²) in [6, 6.07) is 0. The van der Waals surface area contributed by atoms with E-state index in [2.05, 4.69) is 15.5 Å². The van der Waals surface area contributed by atoms with E-state index in [1.54, 1.807) is 18.7 Å². The summed E-state index contributed by atoms with van der Waals surface area (Å²) in [6.07, 6.45) is 0.630. The summed E-state index contributed by atoms with van der Waals surface area (Å²) >= 11 is 4.22. The topological polar surface area (TPSA) is 81.2 Å². The maximum Gasteiger partial charge on any atom is 0.315 e. The van der Waals surface area contributed by atoms with Crippen LogP contribution in [0, 0.1) is 0 Å². The Morgan fingerprint density at radius 2 is 2.10 bits per heavy atom. The second-order valence-corrected chi connectivity index (χ2v) is 7.49. The highest BCUT2D eigenvalue weighted by Gasteiger charge is 2.20. The molecule has 0 saturated heterocycles. The van der Waals surface area contributed by atoms with Gasteiger partial charge in [0.05, 0.1) is 17.6 Å². The van der Waals surface area contributed by atoms with Crippen molar-refractivity contribution in [3.63, 3.8) is 0 Å². The van der Waals surface area contributed by atoms with Crippen molar-refractivity contribution < 1.29 is 14.3 Å². The number of carbonyl (C=O) groups is 2. The summed E-state index contributed by atoms with van der Waals surface area (Å²) in [6.45, 7) is 6.04. The normalized spacial score (nSPS) is 12.0. The van der Waals surface area contributed by atoms with Crippen LogP contribution in [-0.4, -0.2) is 45.4 Å². The molecular formula is C12H19N3O3S3. The lowest BCUT2D eigenvalue weighted by atomic mass is 10.3. The Bertz CT molecular complexity index is 468. The highest BCUT2D eigenvalue weighted by molar-refractivity contribution is 8.01. The van der Waals surface area contributed by atoms with Gasteiger partial charge >= 0.3 is 5.97 Å². The largest absolute Gasteiger partial charge is 0.465 e. The first kappa shape index (κ1) is 18.2. The molecule has 0 aliphatic heterocycles. The predicted octanol–water partition coefficient (Wildman–Crippen LogP) is 2.66. The van der Waals surface area contributed by atoms with E-state index in [-0.39, 0.29) is 22.9 Å². The van der Waals surface area contributed by atoms with Gasteiger partial charge in [0.1, 0.15) is 0 Å². The summed E-state index contributed by atoms with van der Waals surface area (Å²) in [5.74, 6) is 0.629. The van der Waals surface area contributed by atoms with Gasteiger partial charge in [-0.1, -0.05) is 36.9 Å². The summed E-state index contributed by atoms with van der Waals surface area (Å²) in [4.78, 5) is 23.5. The van der Waals surface area contributed by atoms with E-state index in [4.69, 9.17) is 4.74 Å². The zero-order valence-corrected chi connectivity index (χ0v) is 14.7. The molecule has 1 aromatic heterocycles. The molecule has 0 aliphatic carbocycles. The van der Waals surface area contributed by atoms with Crippen molar-refractivity contribution in [1.29, 1.82) is 0 Å². The third kappa shape index (κ3) is 6.66. The molecule has 1 rings (SSSR count). The molecule has 6 nitrogen and oxygen atoms in total. The van der Waals surface area contributed by atoms with Gasteiger partial charge in [-0.05, 0) is 19.1 Å². The number of carbonyl (C=O) groups excluding carboxylic acids is 2. The summed E-state index contributed by atoms with van der Waals surface area (Å²) in [5, 5.41) is 10.8. The molecule has 0 bridgehead atoms. The highest BCUT2D eigenvalue weighted by atomic mass is 32.2. The smallest absolute Gasteiger partial charge is 0.315 e. The van der Waals surface area contributed by atoms with Gasteiger partial charge in [-0.2, -0.15) is 0 Å². The fourth-order valence-electron chi connectivity index (χ4n) is 1.38. The fraction of sp³-hybridized carbons (Fsp3) is 0.667. The van der Waals surface area contributed by atoms with Crippen molar-refractivity contribution in [3.05, 3.63) is 0 Å². The van der Waals surface area contributed by atoms with Gasteiger partial charge in [0.2, 0.25) is 11.0 Å². The maximum atomic E-state index is 12.1. The number of esters is 1. The summed E-state index contributed by atoms with van der Waals surface area (Å²) in [7, 11) is 0. The van der Waals surface area contributed by atoms with Crippen LogP contribution in [0.2, 0.25) is 0 Å². The number of aromatic nitrogens is 2. The van der Waals surface area contributed by atoms with Gasteiger partial charge < -0.3 is 4.74 Å². The Morgan fingerprint density at radius 3 is 2.71 bits per heavy atom. The van der Waals surface area contributed by atoms with Crippen molar-refractivity contribution in [1.82, 2.24) is 10.2 Å². The third-order valence-corrected chi connectivity index (χ3v) is 5.48. The average molecular weight is 350 g/mol. The SMILES string of the molecule is CCOC(=O)CS[C@H](CC)C(=O)Nc1nnc(SCC)s1. The molecule has 0 aromatic carbocycles. The Kier molecular flexibility index (Phi) is 8.70. The van der Waals surface area contributed by atoms with E-state index in [0.29, 0.717) is 18.2 Å². The number of rotatable bonds is 9. The van der Waals surface area contributed by atoms with Crippen molar-refractivity contribution in [3.8, 4) is 0 Å². The van der Waals surface area contributed by atoms with E-state index in [9.17, 15) is 9.59 Å². The van der Waals surface area contributed by atoms with Gasteiger partial charge in [-0.15, -0.1) is 22.0 Å². The van der Waals surface area contributed by atoms with Crippen molar-refractivity contribution >= 4 is 51.9 Å². The number of hydrogen-bond acceptors (Lipinski definition) is 8. The summed E-state index contributed by atoms with van der Waals surface area (Å²) < 4.78 is 5.68. The van der Waals surface area contributed by atoms with E-state index < -0.39 is 0 Å². The maximum absolute atomic E-state index is 12.1. The quantitative estimate of drug-likeness (QED) is 0.417. The highest BCUT2D eigenvalue weighted by Crippen LogP contribution is 2.26. The van der Waals surface area contributed by atoms with Crippen LogP contribution in [0.3, 0.4) is 0 Å². The molecular weight excluding hydrogens is 330 g/mol.